The predicted octanol–water partition coefficient (Wildman–Crippen LogP) is 3.22. The van der Waals surface area contributed by atoms with Crippen LogP contribution in [0.5, 0.6) is 11.5 Å². The van der Waals surface area contributed by atoms with Crippen LogP contribution in [0.15, 0.2) is 36.4 Å². The minimum absolute atomic E-state index is 0.313. The minimum atomic E-state index is -0.560. The smallest absolute Gasteiger partial charge is 0.163 e. The van der Waals surface area contributed by atoms with E-state index < -0.39 is 11.9 Å². The molecule has 2 N–H and O–H groups in total. The molecule has 0 aliphatic carbocycles. The Morgan fingerprint density at radius 1 is 1.00 bits per heavy atom. The molecule has 2 aromatic carbocycles. The lowest BCUT2D eigenvalue weighted by Gasteiger charge is -2.16. The van der Waals surface area contributed by atoms with E-state index in [0.717, 1.165) is 5.56 Å². The maximum Gasteiger partial charge on any atom is 0.163 e. The van der Waals surface area contributed by atoms with Crippen LogP contribution in [0.2, 0.25) is 0 Å². The van der Waals surface area contributed by atoms with Crippen molar-refractivity contribution in [1.29, 1.82) is 0 Å². The van der Waals surface area contributed by atoms with Crippen LogP contribution in [-0.4, -0.2) is 14.2 Å². The molecule has 2 aromatic rings. The highest BCUT2D eigenvalue weighted by Crippen LogP contribution is 2.32. The average Bonchev–Trinajstić information content (AvgIpc) is 2.49. The lowest BCUT2D eigenvalue weighted by Crippen LogP contribution is -2.15. The van der Waals surface area contributed by atoms with Crippen molar-refractivity contribution < 1.29 is 18.3 Å². The molecule has 1 atom stereocenters. The Labute approximate surface area is 122 Å². The Morgan fingerprint density at radius 3 is 2.14 bits per heavy atom. The summed E-state index contributed by atoms with van der Waals surface area (Å²) in [7, 11) is 2.92. The molecule has 0 amide bonds. The standard InChI is InChI=1S/C16H17F2NO2/c1-20-15-8-12(13(18)9-16(15)21-2)14(19)7-10-3-5-11(17)6-4-10/h3-6,8-9,14H,7,19H2,1-2H3. The van der Waals surface area contributed by atoms with Crippen molar-refractivity contribution in [3.05, 3.63) is 59.2 Å². The third-order valence-corrected chi connectivity index (χ3v) is 3.27. The van der Waals surface area contributed by atoms with Gasteiger partial charge >= 0.3 is 0 Å². The van der Waals surface area contributed by atoms with E-state index in [1.807, 2.05) is 0 Å². The maximum absolute atomic E-state index is 14.1. The molecule has 0 saturated heterocycles. The third kappa shape index (κ3) is 3.49. The van der Waals surface area contributed by atoms with Crippen LogP contribution < -0.4 is 15.2 Å². The van der Waals surface area contributed by atoms with Crippen LogP contribution in [0.3, 0.4) is 0 Å². The number of methoxy groups -OCH3 is 2. The zero-order chi connectivity index (χ0) is 15.4. The van der Waals surface area contributed by atoms with Gasteiger partial charge in [-0.15, -0.1) is 0 Å². The lowest BCUT2D eigenvalue weighted by molar-refractivity contribution is 0.351. The highest BCUT2D eigenvalue weighted by Gasteiger charge is 2.17. The van der Waals surface area contributed by atoms with E-state index in [4.69, 9.17) is 15.2 Å². The zero-order valence-corrected chi connectivity index (χ0v) is 11.9. The quantitative estimate of drug-likeness (QED) is 0.920. The van der Waals surface area contributed by atoms with Crippen LogP contribution in [0.1, 0.15) is 17.2 Å². The fourth-order valence-corrected chi connectivity index (χ4v) is 2.14. The van der Waals surface area contributed by atoms with Crippen molar-refractivity contribution in [2.75, 3.05) is 14.2 Å². The van der Waals surface area contributed by atoms with Gasteiger partial charge < -0.3 is 15.2 Å². The van der Waals surface area contributed by atoms with Gasteiger partial charge in [0.15, 0.2) is 11.5 Å². The van der Waals surface area contributed by atoms with Gasteiger partial charge in [-0.05, 0) is 30.2 Å². The second kappa shape index (κ2) is 6.54. The monoisotopic (exact) mass is 293 g/mol. The molecule has 2 rings (SSSR count). The molecule has 0 saturated carbocycles. The lowest BCUT2D eigenvalue weighted by atomic mass is 9.98. The van der Waals surface area contributed by atoms with Gasteiger partial charge in [0.25, 0.3) is 0 Å². The number of halogens is 2. The normalized spacial score (nSPS) is 12.0. The van der Waals surface area contributed by atoms with Gasteiger partial charge in [0.2, 0.25) is 0 Å². The second-order valence-electron chi connectivity index (χ2n) is 4.67. The molecule has 5 heteroatoms. The fourth-order valence-electron chi connectivity index (χ4n) is 2.14. The summed E-state index contributed by atoms with van der Waals surface area (Å²) in [6, 6.07) is 8.19. The second-order valence-corrected chi connectivity index (χ2v) is 4.67. The van der Waals surface area contributed by atoms with Crippen LogP contribution in [0.4, 0.5) is 8.78 Å². The van der Waals surface area contributed by atoms with E-state index in [1.54, 1.807) is 12.1 Å². The number of rotatable bonds is 5. The van der Waals surface area contributed by atoms with E-state index in [9.17, 15) is 8.78 Å². The fraction of sp³-hybridized carbons (Fsp3) is 0.250. The van der Waals surface area contributed by atoms with E-state index in [0.29, 0.717) is 23.5 Å². The summed E-state index contributed by atoms with van der Waals surface area (Å²) >= 11 is 0. The van der Waals surface area contributed by atoms with Crippen molar-refractivity contribution >= 4 is 0 Å². The summed E-state index contributed by atoms with van der Waals surface area (Å²) in [5.41, 5.74) is 7.21. The molecule has 0 aliphatic rings. The number of nitrogens with two attached hydrogens (primary N) is 1. The SMILES string of the molecule is COc1cc(F)c(C(N)Cc2ccc(F)cc2)cc1OC. The molecule has 0 aromatic heterocycles. The van der Waals surface area contributed by atoms with Gasteiger partial charge in [-0.2, -0.15) is 0 Å². The van der Waals surface area contributed by atoms with Crippen LogP contribution >= 0.6 is 0 Å². The number of hydrogen-bond acceptors (Lipinski definition) is 3. The molecule has 0 bridgehead atoms. The van der Waals surface area contributed by atoms with Crippen molar-refractivity contribution in [3.8, 4) is 11.5 Å². The Morgan fingerprint density at radius 2 is 1.57 bits per heavy atom. The summed E-state index contributed by atoms with van der Waals surface area (Å²) in [6.07, 6.45) is 0.396. The van der Waals surface area contributed by atoms with Gasteiger partial charge in [0.1, 0.15) is 11.6 Å². The van der Waals surface area contributed by atoms with Crippen LogP contribution in [0, 0.1) is 11.6 Å². The molecule has 1 unspecified atom stereocenters. The Balaban J connectivity index is 2.26. The zero-order valence-electron chi connectivity index (χ0n) is 11.9. The number of ether oxygens (including phenoxy) is 2. The van der Waals surface area contributed by atoms with Gasteiger partial charge in [-0.1, -0.05) is 12.1 Å². The molecule has 21 heavy (non-hydrogen) atoms. The Hall–Kier alpha value is -2.14. The van der Waals surface area contributed by atoms with E-state index in [1.165, 1.54) is 38.5 Å². The molecule has 0 heterocycles. The first kappa shape index (κ1) is 15.3. The molecule has 0 radical (unpaired) electrons. The number of benzene rings is 2. The summed E-state index contributed by atoms with van der Waals surface area (Å²) in [5, 5.41) is 0. The summed E-state index contributed by atoms with van der Waals surface area (Å²) in [6.45, 7) is 0. The topological polar surface area (TPSA) is 44.5 Å². The van der Waals surface area contributed by atoms with Crippen LogP contribution in [0.25, 0.3) is 0 Å². The van der Waals surface area contributed by atoms with Crippen molar-refractivity contribution in [2.45, 2.75) is 12.5 Å². The summed E-state index contributed by atoms with van der Waals surface area (Å²) < 4.78 is 37.2. The molecular weight excluding hydrogens is 276 g/mol. The number of hydrogen-bond donors (Lipinski definition) is 1. The average molecular weight is 293 g/mol. The molecule has 112 valence electrons. The molecular formula is C16H17F2NO2. The maximum atomic E-state index is 14.1. The highest BCUT2D eigenvalue weighted by atomic mass is 19.1. The highest BCUT2D eigenvalue weighted by molar-refractivity contribution is 5.45. The van der Waals surface area contributed by atoms with Crippen molar-refractivity contribution in [3.63, 3.8) is 0 Å². The van der Waals surface area contributed by atoms with E-state index >= 15 is 0 Å². The largest absolute Gasteiger partial charge is 0.493 e. The van der Waals surface area contributed by atoms with Gasteiger partial charge in [-0.25, -0.2) is 8.78 Å². The van der Waals surface area contributed by atoms with E-state index in [-0.39, 0.29) is 5.82 Å². The summed E-state index contributed by atoms with van der Waals surface area (Å²) in [4.78, 5) is 0. The molecule has 0 aliphatic heterocycles. The first-order chi connectivity index (χ1) is 10.0. The molecule has 0 fully saturated rings. The van der Waals surface area contributed by atoms with E-state index in [2.05, 4.69) is 0 Å². The van der Waals surface area contributed by atoms with Crippen LogP contribution in [-0.2, 0) is 6.42 Å². The first-order valence-electron chi connectivity index (χ1n) is 6.46. The summed E-state index contributed by atoms with van der Waals surface area (Å²) in [5.74, 6) is -0.0388. The minimum Gasteiger partial charge on any atom is -0.493 e. The van der Waals surface area contributed by atoms with Gasteiger partial charge in [0.05, 0.1) is 14.2 Å². The first-order valence-corrected chi connectivity index (χ1v) is 6.46. The predicted molar refractivity (Wildman–Crippen MR) is 76.5 cm³/mol. The van der Waals surface area contributed by atoms with Gasteiger partial charge in [-0.3, -0.25) is 0 Å². The van der Waals surface area contributed by atoms with Gasteiger partial charge in [0, 0.05) is 17.7 Å². The molecule has 0 spiro atoms. The third-order valence-electron chi connectivity index (χ3n) is 3.27. The Kier molecular flexibility index (Phi) is 4.75. The molecule has 3 nitrogen and oxygen atoms in total. The van der Waals surface area contributed by atoms with Crippen molar-refractivity contribution in [2.24, 2.45) is 5.73 Å². The van der Waals surface area contributed by atoms with Crippen molar-refractivity contribution in [1.82, 2.24) is 0 Å². The Bertz CT molecular complexity index is 614.